The minimum atomic E-state index is -3.71. The van der Waals surface area contributed by atoms with Gasteiger partial charge in [0.15, 0.2) is 0 Å². The summed E-state index contributed by atoms with van der Waals surface area (Å²) in [5, 5.41) is 11.1. The number of nitrogens with zero attached hydrogens (tertiary/aromatic N) is 1. The summed E-state index contributed by atoms with van der Waals surface area (Å²) in [7, 11) is -3.71. The number of primary sulfonamides is 1. The fraction of sp³-hybridized carbons (Fsp3) is 0.350. The Balaban J connectivity index is 1.49. The number of benzene rings is 2. The van der Waals surface area contributed by atoms with Crippen LogP contribution in [0.3, 0.4) is 0 Å². The maximum atomic E-state index is 12.2. The summed E-state index contributed by atoms with van der Waals surface area (Å²) in [6.45, 7) is 5.22. The van der Waals surface area contributed by atoms with Crippen molar-refractivity contribution in [2.24, 2.45) is 5.14 Å². The average molecular weight is 419 g/mol. The summed E-state index contributed by atoms with van der Waals surface area (Å²) in [5.41, 5.74) is 2.71. The number of sulfonamides is 1. The first-order valence-electron chi connectivity index (χ1n) is 9.42. The molecule has 3 rings (SSSR count). The summed E-state index contributed by atoms with van der Waals surface area (Å²) in [6.07, 6.45) is 0. The van der Waals surface area contributed by atoms with Gasteiger partial charge in [0.2, 0.25) is 15.9 Å². The van der Waals surface area contributed by atoms with Crippen LogP contribution in [0.4, 0.5) is 11.4 Å². The third-order valence-electron chi connectivity index (χ3n) is 4.80. The highest BCUT2D eigenvalue weighted by Gasteiger charge is 2.13. The van der Waals surface area contributed by atoms with E-state index in [9.17, 15) is 13.2 Å². The minimum absolute atomic E-state index is 0.0618. The van der Waals surface area contributed by atoms with Gasteiger partial charge in [-0.15, -0.1) is 0 Å². The lowest BCUT2D eigenvalue weighted by atomic mass is 10.1. The SMILES string of the molecule is C[C@@H](NCC(=O)Nc1ccc(N2CCOCC2)cc1)c1ccc(S(N)(=O)=O)cc1. The Bertz CT molecular complexity index is 924. The first kappa shape index (κ1) is 21.3. The number of hydrogen-bond donors (Lipinski definition) is 3. The number of amides is 1. The van der Waals surface area contributed by atoms with Gasteiger partial charge in [0, 0.05) is 30.5 Å². The number of nitrogens with two attached hydrogens (primary N) is 1. The lowest BCUT2D eigenvalue weighted by molar-refractivity contribution is -0.115. The van der Waals surface area contributed by atoms with E-state index in [1.807, 2.05) is 31.2 Å². The molecule has 4 N–H and O–H groups in total. The Kier molecular flexibility index (Phi) is 6.86. The first-order chi connectivity index (χ1) is 13.8. The number of anilines is 2. The summed E-state index contributed by atoms with van der Waals surface area (Å²) in [5.74, 6) is -0.155. The summed E-state index contributed by atoms with van der Waals surface area (Å²) >= 11 is 0. The molecule has 0 aromatic heterocycles. The number of morpholine rings is 1. The van der Waals surface area contributed by atoms with Gasteiger partial charge < -0.3 is 20.3 Å². The zero-order chi connectivity index (χ0) is 20.9. The second kappa shape index (κ2) is 9.36. The molecule has 8 nitrogen and oxygen atoms in total. The fourth-order valence-electron chi connectivity index (χ4n) is 3.09. The molecule has 1 heterocycles. The average Bonchev–Trinajstić information content (AvgIpc) is 2.73. The van der Waals surface area contributed by atoms with Gasteiger partial charge in [-0.25, -0.2) is 13.6 Å². The van der Waals surface area contributed by atoms with Crippen LogP contribution >= 0.6 is 0 Å². The molecular formula is C20H26N4O4S. The van der Waals surface area contributed by atoms with Crippen molar-refractivity contribution < 1.29 is 17.9 Å². The second-order valence-corrected chi connectivity index (χ2v) is 8.47. The van der Waals surface area contributed by atoms with E-state index in [4.69, 9.17) is 9.88 Å². The highest BCUT2D eigenvalue weighted by atomic mass is 32.2. The van der Waals surface area contributed by atoms with Gasteiger partial charge in [-0.2, -0.15) is 0 Å². The second-order valence-electron chi connectivity index (χ2n) is 6.91. The monoisotopic (exact) mass is 418 g/mol. The van der Waals surface area contributed by atoms with E-state index in [0.717, 1.165) is 43.2 Å². The highest BCUT2D eigenvalue weighted by molar-refractivity contribution is 7.89. The number of rotatable bonds is 7. The number of carbonyl (C=O) groups is 1. The lowest BCUT2D eigenvalue weighted by Gasteiger charge is -2.28. The van der Waals surface area contributed by atoms with E-state index in [1.165, 1.54) is 12.1 Å². The van der Waals surface area contributed by atoms with Crippen LogP contribution in [0.5, 0.6) is 0 Å². The molecule has 0 unspecified atom stereocenters. The molecule has 2 aromatic carbocycles. The Morgan fingerprint density at radius 1 is 1.10 bits per heavy atom. The molecule has 1 aliphatic heterocycles. The maximum absolute atomic E-state index is 12.2. The molecule has 1 aliphatic rings. The first-order valence-corrected chi connectivity index (χ1v) is 11.0. The Morgan fingerprint density at radius 2 is 1.72 bits per heavy atom. The quantitative estimate of drug-likeness (QED) is 0.627. The van der Waals surface area contributed by atoms with E-state index in [2.05, 4.69) is 15.5 Å². The van der Waals surface area contributed by atoms with Crippen molar-refractivity contribution in [3.05, 3.63) is 54.1 Å². The van der Waals surface area contributed by atoms with Crippen molar-refractivity contribution in [3.63, 3.8) is 0 Å². The largest absolute Gasteiger partial charge is 0.378 e. The van der Waals surface area contributed by atoms with Crippen LogP contribution in [-0.4, -0.2) is 47.2 Å². The van der Waals surface area contributed by atoms with Crippen molar-refractivity contribution in [2.75, 3.05) is 43.1 Å². The molecule has 1 fully saturated rings. The van der Waals surface area contributed by atoms with Crippen LogP contribution in [0, 0.1) is 0 Å². The van der Waals surface area contributed by atoms with Crippen molar-refractivity contribution >= 4 is 27.3 Å². The number of carbonyl (C=O) groups excluding carboxylic acids is 1. The van der Waals surface area contributed by atoms with Gasteiger partial charge in [0.05, 0.1) is 24.7 Å². The summed E-state index contributed by atoms with van der Waals surface area (Å²) in [4.78, 5) is 14.5. The van der Waals surface area contributed by atoms with Gasteiger partial charge >= 0.3 is 0 Å². The molecule has 1 amide bonds. The van der Waals surface area contributed by atoms with E-state index >= 15 is 0 Å². The van der Waals surface area contributed by atoms with Crippen LogP contribution in [0.25, 0.3) is 0 Å². The number of hydrogen-bond acceptors (Lipinski definition) is 6. The van der Waals surface area contributed by atoms with Crippen LogP contribution in [0.15, 0.2) is 53.4 Å². The molecule has 2 aromatic rings. The zero-order valence-corrected chi connectivity index (χ0v) is 17.1. The van der Waals surface area contributed by atoms with Crippen LogP contribution in [-0.2, 0) is 19.6 Å². The molecule has 0 spiro atoms. The molecule has 0 bridgehead atoms. The lowest BCUT2D eigenvalue weighted by Crippen LogP contribution is -2.36. The summed E-state index contributed by atoms with van der Waals surface area (Å²) < 4.78 is 28.0. The maximum Gasteiger partial charge on any atom is 0.238 e. The molecule has 29 heavy (non-hydrogen) atoms. The molecule has 0 radical (unpaired) electrons. The topological polar surface area (TPSA) is 114 Å². The predicted molar refractivity (Wildman–Crippen MR) is 112 cm³/mol. The predicted octanol–water partition coefficient (Wildman–Crippen LogP) is 1.46. The van der Waals surface area contributed by atoms with E-state index in [1.54, 1.807) is 12.1 Å². The van der Waals surface area contributed by atoms with Gasteiger partial charge in [0.1, 0.15) is 0 Å². The fourth-order valence-corrected chi connectivity index (χ4v) is 3.61. The van der Waals surface area contributed by atoms with Gasteiger partial charge in [-0.05, 0) is 48.9 Å². The smallest absolute Gasteiger partial charge is 0.238 e. The van der Waals surface area contributed by atoms with Crippen molar-refractivity contribution in [2.45, 2.75) is 17.9 Å². The molecular weight excluding hydrogens is 392 g/mol. The Morgan fingerprint density at radius 3 is 2.31 bits per heavy atom. The van der Waals surface area contributed by atoms with Gasteiger partial charge in [-0.1, -0.05) is 12.1 Å². The Hall–Kier alpha value is -2.46. The standard InChI is InChI=1S/C20H26N4O4S/c1-15(16-2-8-19(9-3-16)29(21,26)27)22-14-20(25)23-17-4-6-18(7-5-17)24-10-12-28-13-11-24/h2-9,15,22H,10-14H2,1H3,(H,23,25)(H2,21,26,27)/t15-/m1/s1. The normalized spacial score (nSPS) is 15.7. The molecule has 1 atom stereocenters. The van der Waals surface area contributed by atoms with Crippen LogP contribution in [0.1, 0.15) is 18.5 Å². The third kappa shape index (κ3) is 6.01. The number of ether oxygens (including phenoxy) is 1. The van der Waals surface area contributed by atoms with Gasteiger partial charge in [0.25, 0.3) is 0 Å². The molecule has 9 heteroatoms. The van der Waals surface area contributed by atoms with E-state index in [0.29, 0.717) is 0 Å². The van der Waals surface area contributed by atoms with E-state index < -0.39 is 10.0 Å². The van der Waals surface area contributed by atoms with Crippen molar-refractivity contribution in [3.8, 4) is 0 Å². The summed E-state index contributed by atoms with van der Waals surface area (Å²) in [6, 6.07) is 13.9. The van der Waals surface area contributed by atoms with Gasteiger partial charge in [-0.3, -0.25) is 4.79 Å². The zero-order valence-electron chi connectivity index (χ0n) is 16.3. The Labute approximate surface area is 171 Å². The molecule has 0 saturated carbocycles. The molecule has 0 aliphatic carbocycles. The highest BCUT2D eigenvalue weighted by Crippen LogP contribution is 2.19. The van der Waals surface area contributed by atoms with Crippen molar-refractivity contribution in [1.29, 1.82) is 0 Å². The molecule has 156 valence electrons. The van der Waals surface area contributed by atoms with Crippen LogP contribution < -0.4 is 20.7 Å². The van der Waals surface area contributed by atoms with Crippen LogP contribution in [0.2, 0.25) is 0 Å². The third-order valence-corrected chi connectivity index (χ3v) is 5.73. The number of nitrogens with one attached hydrogen (secondary N) is 2. The van der Waals surface area contributed by atoms with Crippen molar-refractivity contribution in [1.82, 2.24) is 5.32 Å². The minimum Gasteiger partial charge on any atom is -0.378 e. The molecule has 1 saturated heterocycles. The van der Waals surface area contributed by atoms with E-state index in [-0.39, 0.29) is 23.4 Å².